The number of carbonyl (C=O) groups is 2. The second-order valence-corrected chi connectivity index (χ2v) is 3.42. The van der Waals surface area contributed by atoms with Crippen molar-refractivity contribution >= 4 is 29.6 Å². The predicted octanol–water partition coefficient (Wildman–Crippen LogP) is -0.595. The lowest BCUT2D eigenvalue weighted by molar-refractivity contribution is 0.0598. The minimum Gasteiger partial charge on any atom is -0.465 e. The zero-order valence-electron chi connectivity index (χ0n) is 8.68. The Kier molecular flexibility index (Phi) is 3.74. The van der Waals surface area contributed by atoms with Gasteiger partial charge < -0.3 is 10.5 Å². The Bertz CT molecular complexity index is 430. The van der Waals surface area contributed by atoms with Crippen molar-refractivity contribution in [1.29, 1.82) is 0 Å². The summed E-state index contributed by atoms with van der Waals surface area (Å²) in [5.41, 5.74) is 7.52. The molecule has 1 aromatic heterocycles. The summed E-state index contributed by atoms with van der Waals surface area (Å²) in [4.78, 5) is 22.7. The van der Waals surface area contributed by atoms with Gasteiger partial charge in [-0.05, 0) is 6.26 Å². The minimum atomic E-state index is -0.733. The zero-order valence-corrected chi connectivity index (χ0v) is 9.50. The van der Waals surface area contributed by atoms with Crippen LogP contribution in [-0.4, -0.2) is 35.1 Å². The van der Waals surface area contributed by atoms with Crippen molar-refractivity contribution in [2.75, 3.05) is 19.1 Å². The fourth-order valence-electron chi connectivity index (χ4n) is 1.06. The number of nitrogens with one attached hydrogen (secondary N) is 1. The van der Waals surface area contributed by atoms with Crippen LogP contribution in [0.4, 0.5) is 10.6 Å². The molecule has 0 fully saturated rings. The van der Waals surface area contributed by atoms with Gasteiger partial charge in [-0.25, -0.2) is 15.4 Å². The molecule has 0 aliphatic carbocycles. The van der Waals surface area contributed by atoms with Crippen LogP contribution in [0.5, 0.6) is 0 Å². The van der Waals surface area contributed by atoms with E-state index in [-0.39, 0.29) is 11.4 Å². The molecule has 0 saturated carbocycles. The molecule has 1 amide bonds. The summed E-state index contributed by atoms with van der Waals surface area (Å²) in [5, 5.41) is 4.13. The second kappa shape index (κ2) is 4.86. The van der Waals surface area contributed by atoms with Gasteiger partial charge >= 0.3 is 12.0 Å². The number of aromatic nitrogens is 2. The van der Waals surface area contributed by atoms with Crippen LogP contribution in [-0.2, 0) is 4.74 Å². The Balaban J connectivity index is 3.32. The van der Waals surface area contributed by atoms with Crippen LogP contribution in [0.2, 0.25) is 0 Å². The van der Waals surface area contributed by atoms with Crippen molar-refractivity contribution in [2.24, 2.45) is 5.84 Å². The van der Waals surface area contributed by atoms with Gasteiger partial charge in [0.15, 0.2) is 0 Å². The summed E-state index contributed by atoms with van der Waals surface area (Å²) >= 11 is 1.17. The SMILES string of the molecule is COC(=O)c1c(SC)nn(C(=O)NN)c1N. The molecule has 1 aromatic rings. The first kappa shape index (κ1) is 12.3. The third kappa shape index (κ3) is 1.95. The quantitative estimate of drug-likeness (QED) is 0.209. The predicted molar refractivity (Wildman–Crippen MR) is 57.9 cm³/mol. The molecule has 88 valence electrons. The largest absolute Gasteiger partial charge is 0.465 e. The maximum atomic E-state index is 11.4. The van der Waals surface area contributed by atoms with Crippen LogP contribution in [0.3, 0.4) is 0 Å². The molecule has 8 nitrogen and oxygen atoms in total. The maximum absolute atomic E-state index is 11.4. The molecule has 16 heavy (non-hydrogen) atoms. The number of nitrogen functional groups attached to an aromatic ring is 2. The molecule has 0 radical (unpaired) electrons. The standard InChI is InChI=1S/C7H11N5O3S/c1-15-6(13)3-4(8)12(7(14)10-9)11-5(3)16-2/h8-9H2,1-2H3,(H,10,14). The first-order chi connectivity index (χ1) is 7.56. The van der Waals surface area contributed by atoms with E-state index in [1.54, 1.807) is 6.26 Å². The molecule has 5 N–H and O–H groups in total. The third-order valence-corrected chi connectivity index (χ3v) is 2.46. The van der Waals surface area contributed by atoms with Gasteiger partial charge in [-0.2, -0.15) is 9.78 Å². The number of nitrogens with zero attached hydrogens (tertiary/aromatic N) is 2. The molecule has 0 unspecified atom stereocenters. The average molecular weight is 245 g/mol. The highest BCUT2D eigenvalue weighted by Gasteiger charge is 2.24. The molecule has 0 atom stereocenters. The first-order valence-electron chi connectivity index (χ1n) is 4.08. The van der Waals surface area contributed by atoms with Gasteiger partial charge in [0.25, 0.3) is 0 Å². The molecule has 0 aliphatic heterocycles. The van der Waals surface area contributed by atoms with Crippen molar-refractivity contribution in [3.8, 4) is 0 Å². The van der Waals surface area contributed by atoms with E-state index in [9.17, 15) is 9.59 Å². The van der Waals surface area contributed by atoms with Crippen molar-refractivity contribution in [3.63, 3.8) is 0 Å². The first-order valence-corrected chi connectivity index (χ1v) is 5.31. The lowest BCUT2D eigenvalue weighted by Crippen LogP contribution is -2.35. The van der Waals surface area contributed by atoms with Crippen LogP contribution in [0, 0.1) is 0 Å². The van der Waals surface area contributed by atoms with Crippen molar-refractivity contribution in [3.05, 3.63) is 5.56 Å². The van der Waals surface area contributed by atoms with Gasteiger partial charge in [-0.1, -0.05) is 0 Å². The highest BCUT2D eigenvalue weighted by atomic mass is 32.2. The summed E-state index contributed by atoms with van der Waals surface area (Å²) in [7, 11) is 1.21. The van der Waals surface area contributed by atoms with Gasteiger partial charge in [-0.3, -0.25) is 5.43 Å². The molecule has 9 heteroatoms. The monoisotopic (exact) mass is 245 g/mol. The Hall–Kier alpha value is -1.74. The van der Waals surface area contributed by atoms with Gasteiger partial charge in [0.05, 0.1) is 7.11 Å². The van der Waals surface area contributed by atoms with E-state index in [1.807, 2.05) is 5.43 Å². The lowest BCUT2D eigenvalue weighted by Gasteiger charge is -2.01. The second-order valence-electron chi connectivity index (χ2n) is 2.62. The number of methoxy groups -OCH3 is 1. The van der Waals surface area contributed by atoms with Crippen LogP contribution < -0.4 is 17.0 Å². The molecule has 0 saturated heterocycles. The van der Waals surface area contributed by atoms with Crippen molar-refractivity contribution < 1.29 is 14.3 Å². The van der Waals surface area contributed by atoms with Gasteiger partial charge in [0.1, 0.15) is 16.4 Å². The average Bonchev–Trinajstić information content (AvgIpc) is 2.64. The molecule has 0 aromatic carbocycles. The van der Waals surface area contributed by atoms with Crippen molar-refractivity contribution in [1.82, 2.24) is 15.2 Å². The fraction of sp³-hybridized carbons (Fsp3) is 0.286. The van der Waals surface area contributed by atoms with Crippen LogP contribution >= 0.6 is 11.8 Å². The van der Waals surface area contributed by atoms with Crippen LogP contribution in [0.25, 0.3) is 0 Å². The van der Waals surface area contributed by atoms with E-state index < -0.39 is 12.0 Å². The van der Waals surface area contributed by atoms with Crippen LogP contribution in [0.1, 0.15) is 10.4 Å². The van der Waals surface area contributed by atoms with E-state index in [0.717, 1.165) is 4.68 Å². The molecular weight excluding hydrogens is 234 g/mol. The number of esters is 1. The molecule has 1 rings (SSSR count). The van der Waals surface area contributed by atoms with E-state index in [0.29, 0.717) is 5.03 Å². The topological polar surface area (TPSA) is 125 Å². The molecule has 0 aliphatic rings. The van der Waals surface area contributed by atoms with E-state index in [4.69, 9.17) is 11.6 Å². The zero-order chi connectivity index (χ0) is 12.3. The Morgan fingerprint density at radius 2 is 2.19 bits per heavy atom. The van der Waals surface area contributed by atoms with Gasteiger partial charge in [0, 0.05) is 0 Å². The lowest BCUT2D eigenvalue weighted by atomic mass is 10.3. The number of thioether (sulfide) groups is 1. The summed E-state index contributed by atoms with van der Waals surface area (Å²) < 4.78 is 5.34. The number of nitrogens with two attached hydrogens (primary N) is 2. The van der Waals surface area contributed by atoms with Crippen molar-refractivity contribution in [2.45, 2.75) is 5.03 Å². The smallest absolute Gasteiger partial charge is 0.358 e. The minimum absolute atomic E-state index is 0.0543. The number of carbonyl (C=O) groups excluding carboxylic acids is 2. The highest BCUT2D eigenvalue weighted by Crippen LogP contribution is 2.25. The van der Waals surface area contributed by atoms with Crippen LogP contribution in [0.15, 0.2) is 5.03 Å². The fourth-order valence-corrected chi connectivity index (χ4v) is 1.62. The Morgan fingerprint density at radius 1 is 1.56 bits per heavy atom. The number of hydrazine groups is 1. The third-order valence-electron chi connectivity index (χ3n) is 1.79. The normalized spacial score (nSPS) is 9.94. The summed E-state index contributed by atoms with van der Waals surface area (Å²) in [6.45, 7) is 0. The summed E-state index contributed by atoms with van der Waals surface area (Å²) in [5.74, 6) is 4.18. The van der Waals surface area contributed by atoms with Gasteiger partial charge in [0.2, 0.25) is 0 Å². The van der Waals surface area contributed by atoms with E-state index >= 15 is 0 Å². The number of rotatable bonds is 2. The molecular formula is C7H11N5O3S. The number of anilines is 1. The Labute approximate surface area is 95.3 Å². The maximum Gasteiger partial charge on any atom is 0.358 e. The number of hydrogen-bond acceptors (Lipinski definition) is 7. The molecule has 0 spiro atoms. The molecule has 1 heterocycles. The van der Waals surface area contributed by atoms with E-state index in [1.165, 1.54) is 18.9 Å². The number of amides is 1. The Morgan fingerprint density at radius 3 is 2.62 bits per heavy atom. The highest BCUT2D eigenvalue weighted by molar-refractivity contribution is 7.98. The number of hydrogen-bond donors (Lipinski definition) is 3. The summed E-state index contributed by atoms with van der Waals surface area (Å²) in [6, 6.07) is -0.733. The van der Waals surface area contributed by atoms with E-state index in [2.05, 4.69) is 9.84 Å². The molecule has 0 bridgehead atoms. The number of ether oxygens (including phenoxy) is 1. The summed E-state index contributed by atoms with van der Waals surface area (Å²) in [6.07, 6.45) is 1.69. The van der Waals surface area contributed by atoms with Gasteiger partial charge in [-0.15, -0.1) is 11.8 Å².